The van der Waals surface area contributed by atoms with E-state index in [1.54, 1.807) is 0 Å². The third-order valence-corrected chi connectivity index (χ3v) is 4.06. The van der Waals surface area contributed by atoms with Crippen LogP contribution in [-0.4, -0.2) is 37.5 Å². The molecular weight excluding hydrogens is 272 g/mol. The van der Waals surface area contributed by atoms with E-state index in [2.05, 4.69) is 23.6 Å². The van der Waals surface area contributed by atoms with Crippen molar-refractivity contribution in [2.75, 3.05) is 30.8 Å². The van der Waals surface area contributed by atoms with Crippen LogP contribution in [0.15, 0.2) is 24.3 Å². The number of anilines is 1. The van der Waals surface area contributed by atoms with Gasteiger partial charge in [-0.15, -0.1) is 0 Å². The molecule has 0 radical (unpaired) electrons. The fraction of sp³-hybridized carbons (Fsp3) is 0.533. The number of hydrogen-bond acceptors (Lipinski definition) is 4. The summed E-state index contributed by atoms with van der Waals surface area (Å²) in [6, 6.07) is 8.19. The molecule has 4 nitrogen and oxygen atoms in total. The first-order valence-corrected chi connectivity index (χ1v) is 8.21. The molecule has 0 bridgehead atoms. The molecule has 0 aromatic heterocycles. The van der Waals surface area contributed by atoms with Crippen molar-refractivity contribution in [2.45, 2.75) is 25.1 Å². The van der Waals surface area contributed by atoms with Gasteiger partial charge in [0.05, 0.1) is 13.2 Å². The highest BCUT2D eigenvalue weighted by Gasteiger charge is 2.16. The van der Waals surface area contributed by atoms with Gasteiger partial charge in [-0.2, -0.15) is 11.8 Å². The molecule has 0 spiro atoms. The lowest BCUT2D eigenvalue weighted by Gasteiger charge is -2.23. The van der Waals surface area contributed by atoms with Crippen molar-refractivity contribution in [3.8, 4) is 0 Å². The minimum atomic E-state index is 0.0355. The van der Waals surface area contributed by atoms with E-state index in [0.29, 0.717) is 13.0 Å². The van der Waals surface area contributed by atoms with Crippen LogP contribution in [0, 0.1) is 0 Å². The van der Waals surface area contributed by atoms with Crippen molar-refractivity contribution in [1.82, 2.24) is 5.32 Å². The number of carbonyl (C=O) groups is 1. The second-order valence-electron chi connectivity index (χ2n) is 4.82. The molecule has 0 aliphatic carbocycles. The third-order valence-electron chi connectivity index (χ3n) is 3.11. The predicted octanol–water partition coefficient (Wildman–Crippen LogP) is 2.26. The molecule has 1 amide bonds. The largest absolute Gasteiger partial charge is 0.378 e. The van der Waals surface area contributed by atoms with Gasteiger partial charge in [-0.3, -0.25) is 4.79 Å². The van der Waals surface area contributed by atoms with Gasteiger partial charge in [0.15, 0.2) is 0 Å². The quantitative estimate of drug-likeness (QED) is 0.845. The lowest BCUT2D eigenvalue weighted by Crippen LogP contribution is -2.43. The van der Waals surface area contributed by atoms with E-state index in [1.807, 2.05) is 30.0 Å². The van der Waals surface area contributed by atoms with Gasteiger partial charge in [0.25, 0.3) is 0 Å². The zero-order chi connectivity index (χ0) is 14.2. The lowest BCUT2D eigenvalue weighted by atomic mass is 10.1. The van der Waals surface area contributed by atoms with Crippen LogP contribution in [0.25, 0.3) is 0 Å². The molecule has 1 heterocycles. The Morgan fingerprint density at radius 3 is 3.20 bits per heavy atom. The first-order chi connectivity index (χ1) is 9.78. The van der Waals surface area contributed by atoms with E-state index in [-0.39, 0.29) is 11.9 Å². The lowest BCUT2D eigenvalue weighted by molar-refractivity contribution is -0.117. The monoisotopic (exact) mass is 294 g/mol. The molecule has 1 aromatic carbocycles. The van der Waals surface area contributed by atoms with E-state index < -0.39 is 0 Å². The zero-order valence-electron chi connectivity index (χ0n) is 11.9. The topological polar surface area (TPSA) is 50.4 Å². The molecule has 1 aliphatic heterocycles. The Hall–Kier alpha value is -1.04. The maximum Gasteiger partial charge on any atom is 0.226 e. The number of benzene rings is 1. The van der Waals surface area contributed by atoms with Gasteiger partial charge in [-0.05, 0) is 23.4 Å². The van der Waals surface area contributed by atoms with Crippen LogP contribution in [0.2, 0.25) is 0 Å². The van der Waals surface area contributed by atoms with Crippen LogP contribution in [0.4, 0.5) is 5.69 Å². The Labute approximate surface area is 124 Å². The molecule has 1 saturated heterocycles. The van der Waals surface area contributed by atoms with E-state index in [0.717, 1.165) is 30.3 Å². The maximum absolute atomic E-state index is 12.0. The highest BCUT2D eigenvalue weighted by molar-refractivity contribution is 7.98. The van der Waals surface area contributed by atoms with Gasteiger partial charge < -0.3 is 15.4 Å². The fourth-order valence-corrected chi connectivity index (χ4v) is 2.76. The fourth-order valence-electron chi connectivity index (χ4n) is 2.15. The molecule has 20 heavy (non-hydrogen) atoms. The summed E-state index contributed by atoms with van der Waals surface area (Å²) in [5, 5.41) is 6.25. The Balaban J connectivity index is 1.83. The van der Waals surface area contributed by atoms with Crippen molar-refractivity contribution in [3.63, 3.8) is 0 Å². The summed E-state index contributed by atoms with van der Waals surface area (Å²) in [5.74, 6) is 2.12. The molecule has 0 saturated carbocycles. The molecule has 1 aromatic rings. The molecule has 1 fully saturated rings. The van der Waals surface area contributed by atoms with Gasteiger partial charge in [0.1, 0.15) is 0 Å². The minimum absolute atomic E-state index is 0.0355. The number of ether oxygens (including phenoxy) is 1. The van der Waals surface area contributed by atoms with E-state index >= 15 is 0 Å². The highest BCUT2D eigenvalue weighted by atomic mass is 32.2. The van der Waals surface area contributed by atoms with Crippen LogP contribution in [-0.2, 0) is 15.3 Å². The Morgan fingerprint density at radius 1 is 1.55 bits per heavy atom. The maximum atomic E-state index is 12.0. The molecular formula is C15H22N2O2S. The molecule has 1 atom stereocenters. The standard InChI is InChI=1S/C15H22N2O2S/c1-2-20-11-12-4-3-5-13(8-12)17-15(18)9-14-10-19-7-6-16-14/h3-5,8,14,16H,2,6-7,9-11H2,1H3,(H,17,18). The zero-order valence-corrected chi connectivity index (χ0v) is 12.7. The summed E-state index contributed by atoms with van der Waals surface area (Å²) in [4.78, 5) is 12.0. The SMILES string of the molecule is CCSCc1cccc(NC(=O)CC2COCCN2)c1. The molecule has 1 aliphatic rings. The summed E-state index contributed by atoms with van der Waals surface area (Å²) >= 11 is 1.88. The molecule has 1 unspecified atom stereocenters. The second-order valence-corrected chi connectivity index (χ2v) is 6.09. The highest BCUT2D eigenvalue weighted by Crippen LogP contribution is 2.16. The average molecular weight is 294 g/mol. The average Bonchev–Trinajstić information content (AvgIpc) is 2.46. The first-order valence-electron chi connectivity index (χ1n) is 7.05. The summed E-state index contributed by atoms with van der Waals surface area (Å²) in [5.41, 5.74) is 2.12. The Morgan fingerprint density at radius 2 is 2.45 bits per heavy atom. The van der Waals surface area contributed by atoms with Crippen LogP contribution in [0.1, 0.15) is 18.9 Å². The summed E-state index contributed by atoms with van der Waals surface area (Å²) < 4.78 is 5.35. The molecule has 5 heteroatoms. The molecule has 2 N–H and O–H groups in total. The van der Waals surface area contributed by atoms with Gasteiger partial charge in [-0.25, -0.2) is 0 Å². The van der Waals surface area contributed by atoms with E-state index in [4.69, 9.17) is 4.74 Å². The number of thioether (sulfide) groups is 1. The minimum Gasteiger partial charge on any atom is -0.378 e. The summed E-state index contributed by atoms with van der Waals surface area (Å²) in [6.07, 6.45) is 0.452. The first kappa shape index (κ1) is 15.4. The number of amides is 1. The van der Waals surface area contributed by atoms with Gasteiger partial charge in [-0.1, -0.05) is 19.1 Å². The van der Waals surface area contributed by atoms with Crippen LogP contribution in [0.5, 0.6) is 0 Å². The summed E-state index contributed by atoms with van der Waals surface area (Å²) in [7, 11) is 0. The van der Waals surface area contributed by atoms with Crippen molar-refractivity contribution in [1.29, 1.82) is 0 Å². The third kappa shape index (κ3) is 5.15. The van der Waals surface area contributed by atoms with Crippen LogP contribution >= 0.6 is 11.8 Å². The number of morpholine rings is 1. The molecule has 110 valence electrons. The second kappa shape index (κ2) is 8.29. The van der Waals surface area contributed by atoms with Gasteiger partial charge >= 0.3 is 0 Å². The number of nitrogens with one attached hydrogen (secondary N) is 2. The molecule has 2 rings (SSSR count). The van der Waals surface area contributed by atoms with Crippen LogP contribution in [0.3, 0.4) is 0 Å². The Bertz CT molecular complexity index is 434. The van der Waals surface area contributed by atoms with Crippen molar-refractivity contribution >= 4 is 23.4 Å². The number of hydrogen-bond donors (Lipinski definition) is 2. The number of rotatable bonds is 6. The van der Waals surface area contributed by atoms with Crippen molar-refractivity contribution in [2.24, 2.45) is 0 Å². The van der Waals surface area contributed by atoms with Gasteiger partial charge in [0.2, 0.25) is 5.91 Å². The Kier molecular flexibility index (Phi) is 6.36. The smallest absolute Gasteiger partial charge is 0.226 e. The summed E-state index contributed by atoms with van der Waals surface area (Å²) in [6.45, 7) is 4.31. The normalized spacial score (nSPS) is 18.8. The van der Waals surface area contributed by atoms with Crippen molar-refractivity contribution < 1.29 is 9.53 Å². The van der Waals surface area contributed by atoms with E-state index in [1.165, 1.54) is 5.56 Å². The van der Waals surface area contributed by atoms with Crippen molar-refractivity contribution in [3.05, 3.63) is 29.8 Å². The van der Waals surface area contributed by atoms with Gasteiger partial charge in [0, 0.05) is 30.4 Å². The van der Waals surface area contributed by atoms with E-state index in [9.17, 15) is 4.79 Å². The van der Waals surface area contributed by atoms with Crippen LogP contribution < -0.4 is 10.6 Å². The number of carbonyl (C=O) groups excluding carboxylic acids is 1. The predicted molar refractivity (Wildman–Crippen MR) is 84.1 cm³/mol.